The van der Waals surface area contributed by atoms with Crippen LogP contribution in [0.3, 0.4) is 0 Å². The molecule has 0 saturated heterocycles. The molecule has 0 fully saturated rings. The Balaban J connectivity index is 2.08. The smallest absolute Gasteiger partial charge is 0.134 e. The first-order valence-electron chi connectivity index (χ1n) is 7.60. The number of nitrogens with one attached hydrogen (secondary N) is 1. The van der Waals surface area contributed by atoms with Gasteiger partial charge in [-0.3, -0.25) is 0 Å². The van der Waals surface area contributed by atoms with E-state index in [1.54, 1.807) is 5.56 Å². The highest BCUT2D eigenvalue weighted by Gasteiger charge is 2.18. The Morgan fingerprint density at radius 1 is 1.16 bits per heavy atom. The van der Waals surface area contributed by atoms with Crippen LogP contribution in [0.5, 0.6) is 0 Å². The number of rotatable bonds is 5. The van der Waals surface area contributed by atoms with Crippen molar-refractivity contribution >= 4 is 11.0 Å². The highest BCUT2D eigenvalue weighted by molar-refractivity contribution is 5.84. The topological polar surface area (TPSA) is 25.2 Å². The monoisotopic (exact) mass is 257 g/mol. The van der Waals surface area contributed by atoms with Gasteiger partial charge in [-0.25, -0.2) is 0 Å². The molecule has 0 spiro atoms. The van der Waals surface area contributed by atoms with Gasteiger partial charge in [-0.05, 0) is 55.5 Å². The van der Waals surface area contributed by atoms with Gasteiger partial charge in [0.25, 0.3) is 0 Å². The molecule has 0 radical (unpaired) electrons. The molecule has 1 aliphatic carbocycles. The maximum Gasteiger partial charge on any atom is 0.134 e. The van der Waals surface area contributed by atoms with E-state index in [-0.39, 0.29) is 0 Å². The molecule has 1 aromatic heterocycles. The van der Waals surface area contributed by atoms with Crippen LogP contribution < -0.4 is 5.32 Å². The lowest BCUT2D eigenvalue weighted by Crippen LogP contribution is -2.12. The minimum Gasteiger partial charge on any atom is -0.459 e. The van der Waals surface area contributed by atoms with Gasteiger partial charge >= 0.3 is 0 Å². The zero-order chi connectivity index (χ0) is 13.2. The van der Waals surface area contributed by atoms with Gasteiger partial charge in [0.1, 0.15) is 11.3 Å². The average molecular weight is 257 g/mol. The van der Waals surface area contributed by atoms with Gasteiger partial charge in [0.15, 0.2) is 0 Å². The van der Waals surface area contributed by atoms with Crippen molar-refractivity contribution in [3.63, 3.8) is 0 Å². The van der Waals surface area contributed by atoms with E-state index < -0.39 is 0 Å². The lowest BCUT2D eigenvalue weighted by molar-refractivity contribution is 0.512. The van der Waals surface area contributed by atoms with Crippen molar-refractivity contribution in [1.82, 2.24) is 5.32 Å². The predicted molar refractivity (Wildman–Crippen MR) is 79.6 cm³/mol. The molecule has 0 unspecified atom stereocenters. The maximum absolute atomic E-state index is 6.12. The lowest BCUT2D eigenvalue weighted by Gasteiger charge is -2.02. The molecule has 102 valence electrons. The maximum atomic E-state index is 6.12. The van der Waals surface area contributed by atoms with Crippen LogP contribution in [0.1, 0.15) is 49.1 Å². The Kier molecular flexibility index (Phi) is 3.61. The molecule has 0 bridgehead atoms. The Labute approximate surface area is 115 Å². The summed E-state index contributed by atoms with van der Waals surface area (Å²) in [5.41, 5.74) is 5.56. The molecule has 19 heavy (non-hydrogen) atoms. The fourth-order valence-electron chi connectivity index (χ4n) is 3.17. The first-order valence-corrected chi connectivity index (χ1v) is 7.60. The van der Waals surface area contributed by atoms with Gasteiger partial charge in [0.05, 0.1) is 6.54 Å². The summed E-state index contributed by atoms with van der Waals surface area (Å²) in [5, 5.41) is 4.74. The van der Waals surface area contributed by atoms with Crippen LogP contribution >= 0.6 is 0 Å². The third-order valence-corrected chi connectivity index (χ3v) is 4.12. The Morgan fingerprint density at radius 3 is 2.68 bits per heavy atom. The largest absolute Gasteiger partial charge is 0.459 e. The summed E-state index contributed by atoms with van der Waals surface area (Å²) in [6, 6.07) is 4.67. The Morgan fingerprint density at radius 2 is 1.95 bits per heavy atom. The molecule has 1 aliphatic rings. The van der Waals surface area contributed by atoms with Crippen LogP contribution in [0.25, 0.3) is 11.0 Å². The minimum absolute atomic E-state index is 0.852. The second kappa shape index (κ2) is 5.38. The van der Waals surface area contributed by atoms with Crippen molar-refractivity contribution in [2.75, 3.05) is 6.54 Å². The van der Waals surface area contributed by atoms with Crippen LogP contribution in [0.4, 0.5) is 0 Å². The molecule has 1 heterocycles. The molecule has 0 atom stereocenters. The van der Waals surface area contributed by atoms with Gasteiger partial charge in [-0.2, -0.15) is 0 Å². The zero-order valence-electron chi connectivity index (χ0n) is 12.0. The average Bonchev–Trinajstić information content (AvgIpc) is 2.99. The second-order valence-corrected chi connectivity index (χ2v) is 5.50. The quantitative estimate of drug-likeness (QED) is 0.876. The molecule has 1 aromatic carbocycles. The van der Waals surface area contributed by atoms with E-state index in [0.717, 1.165) is 30.9 Å². The molecular weight excluding hydrogens is 234 g/mol. The normalized spacial score (nSPS) is 14.2. The van der Waals surface area contributed by atoms with Crippen molar-refractivity contribution in [3.8, 4) is 0 Å². The molecule has 2 nitrogen and oxygen atoms in total. The summed E-state index contributed by atoms with van der Waals surface area (Å²) in [6.07, 6.45) is 6.05. The summed E-state index contributed by atoms with van der Waals surface area (Å²) in [7, 11) is 0. The van der Waals surface area contributed by atoms with E-state index in [1.165, 1.54) is 42.2 Å². The number of benzene rings is 1. The van der Waals surface area contributed by atoms with E-state index in [1.807, 2.05) is 0 Å². The number of fused-ring (bicyclic) bond motifs is 2. The minimum atomic E-state index is 0.852. The summed E-state index contributed by atoms with van der Waals surface area (Å²) >= 11 is 0. The zero-order valence-corrected chi connectivity index (χ0v) is 12.0. The number of hydrogen-bond donors (Lipinski definition) is 1. The fourth-order valence-corrected chi connectivity index (χ4v) is 3.17. The predicted octanol–water partition coefficient (Wildman–Crippen LogP) is 3.98. The highest BCUT2D eigenvalue weighted by atomic mass is 16.3. The van der Waals surface area contributed by atoms with E-state index in [2.05, 4.69) is 31.3 Å². The molecule has 0 saturated carbocycles. The first kappa shape index (κ1) is 12.7. The summed E-state index contributed by atoms with van der Waals surface area (Å²) in [4.78, 5) is 0. The second-order valence-electron chi connectivity index (χ2n) is 5.50. The Bertz CT molecular complexity index is 582. The van der Waals surface area contributed by atoms with Gasteiger partial charge in [-0.1, -0.05) is 20.3 Å². The molecule has 1 N–H and O–H groups in total. The van der Waals surface area contributed by atoms with Crippen LogP contribution in [0, 0.1) is 0 Å². The van der Waals surface area contributed by atoms with Crippen molar-refractivity contribution in [1.29, 1.82) is 0 Å². The SMILES string of the molecule is CCCc1c(CNCC)oc2cc3c(cc12)CCC3. The van der Waals surface area contributed by atoms with E-state index in [0.29, 0.717) is 0 Å². The third-order valence-electron chi connectivity index (χ3n) is 4.12. The summed E-state index contributed by atoms with van der Waals surface area (Å²) in [5.74, 6) is 1.14. The van der Waals surface area contributed by atoms with Crippen molar-refractivity contribution < 1.29 is 4.42 Å². The molecular formula is C17H23NO. The van der Waals surface area contributed by atoms with Gasteiger partial charge in [0.2, 0.25) is 0 Å². The molecule has 2 heteroatoms. The number of hydrogen-bond acceptors (Lipinski definition) is 2. The standard InChI is InChI=1S/C17H23NO/c1-3-6-14-15-9-12-7-5-8-13(12)10-16(15)19-17(14)11-18-4-2/h9-10,18H,3-8,11H2,1-2H3. The molecule has 0 amide bonds. The summed E-state index contributed by atoms with van der Waals surface area (Å²) in [6.45, 7) is 6.21. The summed E-state index contributed by atoms with van der Waals surface area (Å²) < 4.78 is 6.12. The van der Waals surface area contributed by atoms with E-state index in [9.17, 15) is 0 Å². The van der Waals surface area contributed by atoms with Crippen LogP contribution in [-0.4, -0.2) is 6.54 Å². The number of furan rings is 1. The van der Waals surface area contributed by atoms with Crippen molar-refractivity contribution in [2.45, 2.75) is 52.5 Å². The van der Waals surface area contributed by atoms with Crippen LogP contribution in [-0.2, 0) is 25.8 Å². The molecule has 3 rings (SSSR count). The molecule has 2 aromatic rings. The number of aryl methyl sites for hydroxylation is 3. The van der Waals surface area contributed by atoms with E-state index in [4.69, 9.17) is 4.42 Å². The van der Waals surface area contributed by atoms with Crippen LogP contribution in [0.2, 0.25) is 0 Å². The van der Waals surface area contributed by atoms with Gasteiger partial charge < -0.3 is 9.73 Å². The molecule has 0 aliphatic heterocycles. The Hall–Kier alpha value is -1.28. The van der Waals surface area contributed by atoms with Gasteiger partial charge in [-0.15, -0.1) is 0 Å². The lowest BCUT2D eigenvalue weighted by atomic mass is 10.0. The van der Waals surface area contributed by atoms with E-state index >= 15 is 0 Å². The van der Waals surface area contributed by atoms with Gasteiger partial charge in [0, 0.05) is 10.9 Å². The fraction of sp³-hybridized carbons (Fsp3) is 0.529. The van der Waals surface area contributed by atoms with Crippen LogP contribution in [0.15, 0.2) is 16.5 Å². The van der Waals surface area contributed by atoms with Crippen molar-refractivity contribution in [3.05, 3.63) is 34.6 Å². The first-order chi connectivity index (χ1) is 9.33. The highest BCUT2D eigenvalue weighted by Crippen LogP contribution is 2.33. The third kappa shape index (κ3) is 2.30. The van der Waals surface area contributed by atoms with Crippen molar-refractivity contribution in [2.24, 2.45) is 0 Å².